The molecule has 2 aromatic carbocycles. The van der Waals surface area contributed by atoms with Gasteiger partial charge < -0.3 is 14.8 Å². The first-order valence-electron chi connectivity index (χ1n) is 7.66. The third-order valence-corrected chi connectivity index (χ3v) is 3.49. The predicted octanol–water partition coefficient (Wildman–Crippen LogP) is 4.46. The third-order valence-electron chi connectivity index (χ3n) is 3.24. The molecule has 0 aliphatic heterocycles. The Balaban J connectivity index is 2.16. The monoisotopic (exact) mass is 347 g/mol. The van der Waals surface area contributed by atoms with Crippen LogP contribution in [-0.2, 0) is 6.61 Å². The molecule has 0 aliphatic rings. The molecule has 0 atom stereocenters. The van der Waals surface area contributed by atoms with Gasteiger partial charge >= 0.3 is 0 Å². The largest absolute Gasteiger partial charge is 0.496 e. The zero-order valence-corrected chi connectivity index (χ0v) is 15.1. The van der Waals surface area contributed by atoms with Gasteiger partial charge in [-0.3, -0.25) is 4.79 Å². The molecule has 4 nitrogen and oxygen atoms in total. The van der Waals surface area contributed by atoms with Crippen molar-refractivity contribution in [3.8, 4) is 11.5 Å². The van der Waals surface area contributed by atoms with E-state index < -0.39 is 0 Å². The van der Waals surface area contributed by atoms with Crippen molar-refractivity contribution in [1.82, 2.24) is 5.32 Å². The molecule has 128 valence electrons. The molecule has 0 bridgehead atoms. The van der Waals surface area contributed by atoms with Crippen molar-refractivity contribution in [3.05, 3.63) is 58.6 Å². The Morgan fingerprint density at radius 1 is 1.12 bits per heavy atom. The normalized spacial score (nSPS) is 11.0. The summed E-state index contributed by atoms with van der Waals surface area (Å²) in [7, 11) is 1.59. The summed E-state index contributed by atoms with van der Waals surface area (Å²) in [6, 6.07) is 12.4. The lowest BCUT2D eigenvalue weighted by Crippen LogP contribution is -2.40. The summed E-state index contributed by atoms with van der Waals surface area (Å²) in [4.78, 5) is 12.3. The van der Waals surface area contributed by atoms with Crippen LogP contribution >= 0.6 is 11.6 Å². The number of carbonyl (C=O) groups is 1. The Morgan fingerprint density at radius 3 is 2.38 bits per heavy atom. The molecule has 1 N–H and O–H groups in total. The predicted molar refractivity (Wildman–Crippen MR) is 96.0 cm³/mol. The van der Waals surface area contributed by atoms with Crippen LogP contribution in [0.5, 0.6) is 11.5 Å². The fraction of sp³-hybridized carbons (Fsp3) is 0.316. The molecule has 0 fully saturated rings. The van der Waals surface area contributed by atoms with Gasteiger partial charge in [-0.05, 0) is 63.2 Å². The van der Waals surface area contributed by atoms with Gasteiger partial charge in [-0.2, -0.15) is 0 Å². The maximum absolute atomic E-state index is 12.3. The number of hydrogen-bond acceptors (Lipinski definition) is 3. The Bertz CT molecular complexity index is 706. The zero-order valence-electron chi connectivity index (χ0n) is 14.4. The van der Waals surface area contributed by atoms with E-state index in [1.165, 1.54) is 0 Å². The van der Waals surface area contributed by atoms with Crippen LogP contribution in [0.25, 0.3) is 0 Å². The number of rotatable bonds is 5. The van der Waals surface area contributed by atoms with Crippen LogP contribution in [0.3, 0.4) is 0 Å². The molecular weight excluding hydrogens is 326 g/mol. The van der Waals surface area contributed by atoms with E-state index >= 15 is 0 Å². The molecule has 0 saturated heterocycles. The van der Waals surface area contributed by atoms with E-state index in [0.717, 1.165) is 5.56 Å². The van der Waals surface area contributed by atoms with Gasteiger partial charge in [-0.1, -0.05) is 11.6 Å². The SMILES string of the molecule is COc1ccc(C(=O)NC(C)(C)C)cc1COc1ccc(Cl)cc1. The number of methoxy groups -OCH3 is 1. The Kier molecular flexibility index (Phi) is 5.73. The van der Waals surface area contributed by atoms with Crippen molar-refractivity contribution in [2.75, 3.05) is 7.11 Å². The average molecular weight is 348 g/mol. The van der Waals surface area contributed by atoms with Crippen molar-refractivity contribution in [2.24, 2.45) is 0 Å². The second-order valence-electron chi connectivity index (χ2n) is 6.47. The van der Waals surface area contributed by atoms with Crippen LogP contribution < -0.4 is 14.8 Å². The molecule has 0 radical (unpaired) electrons. The Hall–Kier alpha value is -2.20. The summed E-state index contributed by atoms with van der Waals surface area (Å²) in [6.07, 6.45) is 0. The Morgan fingerprint density at radius 2 is 1.79 bits per heavy atom. The minimum Gasteiger partial charge on any atom is -0.496 e. The molecule has 0 aliphatic carbocycles. The molecule has 0 heterocycles. The van der Waals surface area contributed by atoms with Crippen molar-refractivity contribution >= 4 is 17.5 Å². The first-order chi connectivity index (χ1) is 11.3. The van der Waals surface area contributed by atoms with E-state index in [4.69, 9.17) is 21.1 Å². The fourth-order valence-electron chi connectivity index (χ4n) is 2.14. The van der Waals surface area contributed by atoms with Crippen molar-refractivity contribution < 1.29 is 14.3 Å². The second kappa shape index (κ2) is 7.58. The number of benzene rings is 2. The smallest absolute Gasteiger partial charge is 0.251 e. The van der Waals surface area contributed by atoms with Crippen LogP contribution in [-0.4, -0.2) is 18.6 Å². The molecule has 0 saturated carbocycles. The van der Waals surface area contributed by atoms with Crippen molar-refractivity contribution in [1.29, 1.82) is 0 Å². The fourth-order valence-corrected chi connectivity index (χ4v) is 2.26. The molecule has 2 rings (SSSR count). The lowest BCUT2D eigenvalue weighted by molar-refractivity contribution is 0.0919. The third kappa shape index (κ3) is 5.17. The van der Waals surface area contributed by atoms with Crippen LogP contribution in [0.1, 0.15) is 36.7 Å². The Labute approximate surface area is 147 Å². The summed E-state index contributed by atoms with van der Waals surface area (Å²) in [5.41, 5.74) is 1.08. The van der Waals surface area contributed by atoms with Gasteiger partial charge in [0.25, 0.3) is 5.91 Å². The number of hydrogen-bond donors (Lipinski definition) is 1. The topological polar surface area (TPSA) is 47.6 Å². The van der Waals surface area contributed by atoms with E-state index in [2.05, 4.69) is 5.32 Å². The molecule has 0 unspecified atom stereocenters. The van der Waals surface area contributed by atoms with Crippen LogP contribution in [0.4, 0.5) is 0 Å². The lowest BCUT2D eigenvalue weighted by atomic mass is 10.1. The summed E-state index contributed by atoms with van der Waals surface area (Å²) in [5, 5.41) is 3.60. The van der Waals surface area contributed by atoms with E-state index in [1.54, 1.807) is 49.6 Å². The number of amides is 1. The summed E-state index contributed by atoms with van der Waals surface area (Å²) in [6.45, 7) is 6.12. The van der Waals surface area contributed by atoms with Crippen molar-refractivity contribution in [3.63, 3.8) is 0 Å². The van der Waals surface area contributed by atoms with Crippen LogP contribution in [0.2, 0.25) is 5.02 Å². The highest BCUT2D eigenvalue weighted by molar-refractivity contribution is 6.30. The van der Waals surface area contributed by atoms with E-state index in [1.807, 2.05) is 20.8 Å². The number of carbonyl (C=O) groups excluding carboxylic acids is 1. The van der Waals surface area contributed by atoms with Gasteiger partial charge in [0, 0.05) is 21.7 Å². The molecule has 0 aromatic heterocycles. The van der Waals surface area contributed by atoms with Gasteiger partial charge in [0.1, 0.15) is 18.1 Å². The first-order valence-corrected chi connectivity index (χ1v) is 8.04. The first kappa shape index (κ1) is 18.1. The maximum atomic E-state index is 12.3. The average Bonchev–Trinajstić information content (AvgIpc) is 2.52. The molecule has 5 heteroatoms. The molecule has 1 amide bonds. The quantitative estimate of drug-likeness (QED) is 0.868. The molecule has 2 aromatic rings. The van der Waals surface area contributed by atoms with Crippen molar-refractivity contribution in [2.45, 2.75) is 32.9 Å². The highest BCUT2D eigenvalue weighted by Gasteiger charge is 2.17. The highest BCUT2D eigenvalue weighted by atomic mass is 35.5. The zero-order chi connectivity index (χ0) is 17.7. The van der Waals surface area contributed by atoms with E-state index in [-0.39, 0.29) is 11.4 Å². The van der Waals surface area contributed by atoms with Crippen LogP contribution in [0.15, 0.2) is 42.5 Å². The van der Waals surface area contributed by atoms with Crippen LogP contribution in [0, 0.1) is 0 Å². The molecule has 24 heavy (non-hydrogen) atoms. The van der Waals surface area contributed by atoms with Gasteiger partial charge in [0.05, 0.1) is 7.11 Å². The van der Waals surface area contributed by atoms with E-state index in [9.17, 15) is 4.79 Å². The number of halogens is 1. The summed E-state index contributed by atoms with van der Waals surface area (Å²) >= 11 is 5.86. The lowest BCUT2D eigenvalue weighted by Gasteiger charge is -2.21. The highest BCUT2D eigenvalue weighted by Crippen LogP contribution is 2.23. The number of ether oxygens (including phenoxy) is 2. The summed E-state index contributed by atoms with van der Waals surface area (Å²) in [5.74, 6) is 1.25. The number of nitrogens with one attached hydrogen (secondary N) is 1. The second-order valence-corrected chi connectivity index (χ2v) is 6.91. The van der Waals surface area contributed by atoms with Gasteiger partial charge in [0.15, 0.2) is 0 Å². The summed E-state index contributed by atoms with van der Waals surface area (Å²) < 4.78 is 11.1. The maximum Gasteiger partial charge on any atom is 0.251 e. The molecule has 0 spiro atoms. The minimum absolute atomic E-state index is 0.127. The van der Waals surface area contributed by atoms with Gasteiger partial charge in [-0.25, -0.2) is 0 Å². The van der Waals surface area contributed by atoms with Gasteiger partial charge in [0.2, 0.25) is 0 Å². The minimum atomic E-state index is -0.295. The molecular formula is C19H22ClNO3. The van der Waals surface area contributed by atoms with Gasteiger partial charge in [-0.15, -0.1) is 0 Å². The standard InChI is InChI=1S/C19H22ClNO3/c1-19(2,3)21-18(22)13-5-10-17(23-4)14(11-13)12-24-16-8-6-15(20)7-9-16/h5-11H,12H2,1-4H3,(H,21,22). The van der Waals surface area contributed by atoms with E-state index in [0.29, 0.717) is 28.7 Å².